The molecule has 1 amide bonds. The highest BCUT2D eigenvalue weighted by atomic mass is 32.2. The first-order chi connectivity index (χ1) is 12.4. The van der Waals surface area contributed by atoms with Crippen LogP contribution in [0.1, 0.15) is 38.5 Å². The Morgan fingerprint density at radius 1 is 1.08 bits per heavy atom. The van der Waals surface area contributed by atoms with Crippen molar-refractivity contribution in [1.82, 2.24) is 4.90 Å². The number of sulfonamides is 1. The Morgan fingerprint density at radius 3 is 2.42 bits per heavy atom. The Morgan fingerprint density at radius 2 is 1.77 bits per heavy atom. The molecule has 2 fully saturated rings. The summed E-state index contributed by atoms with van der Waals surface area (Å²) in [5.41, 5.74) is 1.34. The zero-order valence-corrected chi connectivity index (χ0v) is 16.3. The van der Waals surface area contributed by atoms with Gasteiger partial charge in [-0.3, -0.25) is 14.4 Å². The minimum Gasteiger partial charge on any atom is -0.311 e. The summed E-state index contributed by atoms with van der Waals surface area (Å²) in [4.78, 5) is 16.8. The number of benzene rings is 1. The highest BCUT2D eigenvalue weighted by Gasteiger charge is 2.24. The fourth-order valence-electron chi connectivity index (χ4n) is 3.98. The number of carbonyl (C=O) groups excluding carboxylic acids is 1. The van der Waals surface area contributed by atoms with Gasteiger partial charge in [0.25, 0.3) is 0 Å². The van der Waals surface area contributed by atoms with Crippen LogP contribution >= 0.6 is 0 Å². The monoisotopic (exact) mass is 379 g/mol. The van der Waals surface area contributed by atoms with E-state index in [9.17, 15) is 13.2 Å². The molecule has 26 heavy (non-hydrogen) atoms. The quantitative estimate of drug-likeness (QED) is 0.825. The number of hydrogen-bond acceptors (Lipinski definition) is 4. The van der Waals surface area contributed by atoms with E-state index >= 15 is 0 Å². The van der Waals surface area contributed by atoms with Gasteiger partial charge >= 0.3 is 0 Å². The van der Waals surface area contributed by atoms with Gasteiger partial charge < -0.3 is 4.90 Å². The Labute approximate surface area is 156 Å². The summed E-state index contributed by atoms with van der Waals surface area (Å²) in [7, 11) is -3.29. The van der Waals surface area contributed by atoms with Crippen molar-refractivity contribution < 1.29 is 13.2 Å². The van der Waals surface area contributed by atoms with Crippen LogP contribution in [0.25, 0.3) is 0 Å². The van der Waals surface area contributed by atoms with Crippen LogP contribution in [0.15, 0.2) is 24.3 Å². The minimum atomic E-state index is -3.29. The van der Waals surface area contributed by atoms with Gasteiger partial charge in [0.2, 0.25) is 15.9 Å². The van der Waals surface area contributed by atoms with E-state index < -0.39 is 10.0 Å². The molecule has 1 saturated heterocycles. The second-order valence-corrected chi connectivity index (χ2v) is 9.28. The molecule has 0 atom stereocenters. The van der Waals surface area contributed by atoms with E-state index in [1.807, 2.05) is 4.90 Å². The number of rotatable bonds is 6. The van der Waals surface area contributed by atoms with E-state index in [0.29, 0.717) is 18.8 Å². The normalized spacial score (nSPS) is 20.3. The van der Waals surface area contributed by atoms with Crippen LogP contribution in [0.3, 0.4) is 0 Å². The molecular formula is C19H29N3O3S. The van der Waals surface area contributed by atoms with E-state index in [2.05, 4.69) is 9.62 Å². The molecule has 0 spiro atoms. The van der Waals surface area contributed by atoms with E-state index in [1.54, 1.807) is 24.3 Å². The highest BCUT2D eigenvalue weighted by Crippen LogP contribution is 2.28. The van der Waals surface area contributed by atoms with Gasteiger partial charge in [0.15, 0.2) is 0 Å². The van der Waals surface area contributed by atoms with Crippen LogP contribution in [0, 0.1) is 5.92 Å². The third kappa shape index (κ3) is 5.45. The van der Waals surface area contributed by atoms with Crippen molar-refractivity contribution in [3.8, 4) is 0 Å². The van der Waals surface area contributed by atoms with Crippen LogP contribution in [-0.4, -0.2) is 51.7 Å². The summed E-state index contributed by atoms with van der Waals surface area (Å²) >= 11 is 0. The van der Waals surface area contributed by atoms with Crippen molar-refractivity contribution in [1.29, 1.82) is 0 Å². The molecule has 0 bridgehead atoms. The fraction of sp³-hybridized carbons (Fsp3) is 0.632. The Kier molecular flexibility index (Phi) is 6.19. The molecule has 1 aromatic carbocycles. The van der Waals surface area contributed by atoms with E-state index in [4.69, 9.17) is 0 Å². The van der Waals surface area contributed by atoms with Gasteiger partial charge in [-0.1, -0.05) is 25.7 Å². The van der Waals surface area contributed by atoms with Crippen molar-refractivity contribution in [3.63, 3.8) is 0 Å². The fourth-order valence-corrected chi connectivity index (χ4v) is 4.55. The average molecular weight is 380 g/mol. The van der Waals surface area contributed by atoms with Crippen LogP contribution in [0.2, 0.25) is 0 Å². The SMILES string of the molecule is CS(=O)(=O)Nc1ccc(N2CCCN(CCC3CCCC3)CC2=O)cc1. The molecule has 3 rings (SSSR count). The summed E-state index contributed by atoms with van der Waals surface area (Å²) in [6.45, 7) is 3.15. The molecule has 1 aliphatic carbocycles. The average Bonchev–Trinajstić information content (AvgIpc) is 3.02. The largest absolute Gasteiger partial charge is 0.311 e. The maximum atomic E-state index is 12.7. The van der Waals surface area contributed by atoms with Gasteiger partial charge in [0.1, 0.15) is 0 Å². The van der Waals surface area contributed by atoms with Gasteiger partial charge in [-0.25, -0.2) is 8.42 Å². The first-order valence-corrected chi connectivity index (χ1v) is 11.4. The van der Waals surface area contributed by atoms with Gasteiger partial charge in [0, 0.05) is 24.5 Å². The molecule has 1 N–H and O–H groups in total. The van der Waals surface area contributed by atoms with Crippen LogP contribution in [0.5, 0.6) is 0 Å². The Balaban J connectivity index is 1.57. The standard InChI is InChI=1S/C19H29N3O3S/c1-26(24,25)20-17-7-9-18(10-8-17)22-13-4-12-21(15-19(22)23)14-11-16-5-2-3-6-16/h7-10,16,20H,2-6,11-15H2,1H3. The van der Waals surface area contributed by atoms with Gasteiger partial charge in [-0.15, -0.1) is 0 Å². The molecule has 1 saturated carbocycles. The Hall–Kier alpha value is -1.60. The minimum absolute atomic E-state index is 0.123. The number of nitrogens with one attached hydrogen (secondary N) is 1. The first-order valence-electron chi connectivity index (χ1n) is 9.51. The van der Waals surface area contributed by atoms with Gasteiger partial charge in [-0.2, -0.15) is 0 Å². The molecule has 0 radical (unpaired) electrons. The van der Waals surface area contributed by atoms with E-state index in [0.717, 1.165) is 37.4 Å². The molecule has 1 aromatic rings. The second kappa shape index (κ2) is 8.39. The number of hydrogen-bond donors (Lipinski definition) is 1. The molecule has 1 heterocycles. The summed E-state index contributed by atoms with van der Waals surface area (Å²) in [5.74, 6) is 0.970. The molecular weight excluding hydrogens is 350 g/mol. The lowest BCUT2D eigenvalue weighted by Gasteiger charge is -2.23. The third-order valence-electron chi connectivity index (χ3n) is 5.33. The van der Waals surface area contributed by atoms with Crippen LogP contribution in [-0.2, 0) is 14.8 Å². The maximum absolute atomic E-state index is 12.7. The Bertz CT molecular complexity index is 712. The maximum Gasteiger partial charge on any atom is 0.241 e. The summed E-state index contributed by atoms with van der Waals surface area (Å²) in [5, 5.41) is 0. The molecule has 0 aromatic heterocycles. The van der Waals surface area contributed by atoms with E-state index in [1.165, 1.54) is 32.1 Å². The smallest absolute Gasteiger partial charge is 0.241 e. The lowest BCUT2D eigenvalue weighted by molar-refractivity contribution is -0.119. The highest BCUT2D eigenvalue weighted by molar-refractivity contribution is 7.92. The summed E-state index contributed by atoms with van der Waals surface area (Å²) in [6, 6.07) is 7.01. The molecule has 2 aliphatic rings. The third-order valence-corrected chi connectivity index (χ3v) is 5.93. The van der Waals surface area contributed by atoms with E-state index in [-0.39, 0.29) is 5.91 Å². The molecule has 6 nitrogen and oxygen atoms in total. The predicted molar refractivity (Wildman–Crippen MR) is 105 cm³/mol. The summed E-state index contributed by atoms with van der Waals surface area (Å²) < 4.78 is 25.0. The van der Waals surface area contributed by atoms with Crippen molar-refractivity contribution in [2.24, 2.45) is 5.92 Å². The van der Waals surface area contributed by atoms with Crippen molar-refractivity contribution in [2.75, 3.05) is 42.1 Å². The molecule has 144 valence electrons. The topological polar surface area (TPSA) is 69.7 Å². The lowest BCUT2D eigenvalue weighted by atomic mass is 10.0. The predicted octanol–water partition coefficient (Wildman–Crippen LogP) is 2.68. The molecule has 7 heteroatoms. The van der Waals surface area contributed by atoms with Crippen molar-refractivity contribution in [3.05, 3.63) is 24.3 Å². The first kappa shape index (κ1) is 19.2. The molecule has 0 unspecified atom stereocenters. The van der Waals surface area contributed by atoms with Gasteiger partial charge in [0.05, 0.1) is 12.8 Å². The summed E-state index contributed by atoms with van der Waals surface area (Å²) in [6.07, 6.45) is 8.71. The second-order valence-electron chi connectivity index (χ2n) is 7.54. The lowest BCUT2D eigenvalue weighted by Crippen LogP contribution is -2.37. The zero-order valence-electron chi connectivity index (χ0n) is 15.5. The van der Waals surface area contributed by atoms with Crippen molar-refractivity contribution >= 4 is 27.3 Å². The van der Waals surface area contributed by atoms with Crippen molar-refractivity contribution in [2.45, 2.75) is 38.5 Å². The molecule has 1 aliphatic heterocycles. The number of nitrogens with zero attached hydrogens (tertiary/aromatic N) is 2. The number of anilines is 2. The zero-order chi connectivity index (χ0) is 18.6. The van der Waals surface area contributed by atoms with Crippen LogP contribution in [0.4, 0.5) is 11.4 Å². The number of carbonyl (C=O) groups is 1. The number of amides is 1. The van der Waals surface area contributed by atoms with Gasteiger partial charge in [-0.05, 0) is 49.6 Å². The van der Waals surface area contributed by atoms with Crippen LogP contribution < -0.4 is 9.62 Å².